The number of carbonyl (C=O) groups is 1. The minimum absolute atomic E-state index is 0.0740. The Labute approximate surface area is 202 Å². The van der Waals surface area contributed by atoms with E-state index in [4.69, 9.17) is 4.74 Å². The highest BCUT2D eigenvalue weighted by molar-refractivity contribution is 7.89. The van der Waals surface area contributed by atoms with Crippen molar-refractivity contribution in [3.8, 4) is 0 Å². The molecule has 2 aliphatic heterocycles. The van der Waals surface area contributed by atoms with Crippen LogP contribution in [0.15, 0.2) is 59.5 Å². The first-order valence-electron chi connectivity index (χ1n) is 11.9. The topological polar surface area (TPSA) is 91.0 Å². The summed E-state index contributed by atoms with van der Waals surface area (Å²) in [5, 5.41) is 3.15. The molecule has 2 saturated heterocycles. The number of likely N-dealkylation sites (N-methyl/N-ethyl adjacent to an activating group) is 1. The van der Waals surface area contributed by atoms with Gasteiger partial charge in [-0.2, -0.15) is 0 Å². The SMILES string of the molecule is CN1CCN(CC(NC(=O)c2ccc(S(=O)(=O)NCC3CCCO3)cc2)c2ccccc2)CC1. The van der Waals surface area contributed by atoms with Gasteiger partial charge < -0.3 is 15.0 Å². The minimum Gasteiger partial charge on any atom is -0.377 e. The third kappa shape index (κ3) is 6.64. The molecule has 9 heteroatoms. The van der Waals surface area contributed by atoms with Crippen LogP contribution in [0.3, 0.4) is 0 Å². The molecular formula is C25H34N4O4S. The fourth-order valence-corrected chi connectivity index (χ4v) is 5.39. The summed E-state index contributed by atoms with van der Waals surface area (Å²) < 4.78 is 33.3. The van der Waals surface area contributed by atoms with Gasteiger partial charge in [-0.15, -0.1) is 0 Å². The summed E-state index contributed by atoms with van der Waals surface area (Å²) in [5.74, 6) is -0.223. The third-order valence-electron chi connectivity index (χ3n) is 6.50. The van der Waals surface area contributed by atoms with Crippen LogP contribution in [0, 0.1) is 0 Å². The first-order valence-corrected chi connectivity index (χ1v) is 13.4. The summed E-state index contributed by atoms with van der Waals surface area (Å²) in [6.07, 6.45) is 1.74. The number of piperazine rings is 1. The van der Waals surface area contributed by atoms with Gasteiger partial charge in [0.05, 0.1) is 17.0 Å². The molecule has 184 valence electrons. The van der Waals surface area contributed by atoms with Gasteiger partial charge in [0.25, 0.3) is 5.91 Å². The Morgan fingerprint density at radius 3 is 2.41 bits per heavy atom. The Kier molecular flexibility index (Phi) is 8.33. The van der Waals surface area contributed by atoms with Crippen molar-refractivity contribution in [2.75, 3.05) is 52.9 Å². The molecule has 2 aromatic rings. The van der Waals surface area contributed by atoms with E-state index in [0.717, 1.165) is 51.1 Å². The fourth-order valence-electron chi connectivity index (χ4n) is 4.33. The molecule has 0 spiro atoms. The summed E-state index contributed by atoms with van der Waals surface area (Å²) in [7, 11) is -1.53. The second kappa shape index (κ2) is 11.4. The van der Waals surface area contributed by atoms with Crippen molar-refractivity contribution < 1.29 is 17.9 Å². The van der Waals surface area contributed by atoms with Crippen molar-refractivity contribution in [3.05, 3.63) is 65.7 Å². The summed E-state index contributed by atoms with van der Waals surface area (Å²) in [5.41, 5.74) is 1.48. The van der Waals surface area contributed by atoms with Crippen LogP contribution in [0.2, 0.25) is 0 Å². The maximum atomic E-state index is 13.1. The van der Waals surface area contributed by atoms with Crippen molar-refractivity contribution in [2.24, 2.45) is 0 Å². The van der Waals surface area contributed by atoms with Gasteiger partial charge in [-0.3, -0.25) is 9.69 Å². The summed E-state index contributed by atoms with van der Waals surface area (Å²) in [6.45, 7) is 5.59. The van der Waals surface area contributed by atoms with Gasteiger partial charge in [-0.05, 0) is 49.7 Å². The molecule has 2 fully saturated rings. The Balaban J connectivity index is 1.40. The van der Waals surface area contributed by atoms with Crippen molar-refractivity contribution in [1.82, 2.24) is 19.8 Å². The number of carbonyl (C=O) groups excluding carboxylic acids is 1. The lowest BCUT2D eigenvalue weighted by Gasteiger charge is -2.35. The summed E-state index contributed by atoms with van der Waals surface area (Å²) >= 11 is 0. The number of nitrogens with zero attached hydrogens (tertiary/aromatic N) is 2. The van der Waals surface area contributed by atoms with E-state index < -0.39 is 10.0 Å². The Bertz CT molecular complexity index is 1030. The molecule has 2 atom stereocenters. The number of amides is 1. The highest BCUT2D eigenvalue weighted by atomic mass is 32.2. The zero-order chi connectivity index (χ0) is 24.0. The van der Waals surface area contributed by atoms with Crippen molar-refractivity contribution in [2.45, 2.75) is 29.9 Å². The van der Waals surface area contributed by atoms with Crippen molar-refractivity contribution >= 4 is 15.9 Å². The molecule has 0 radical (unpaired) electrons. The first-order chi connectivity index (χ1) is 16.4. The smallest absolute Gasteiger partial charge is 0.251 e. The number of benzene rings is 2. The Hall–Kier alpha value is -2.30. The number of rotatable bonds is 9. The van der Waals surface area contributed by atoms with Crippen LogP contribution in [-0.4, -0.2) is 83.2 Å². The maximum absolute atomic E-state index is 13.1. The number of ether oxygens (including phenoxy) is 1. The van der Waals surface area contributed by atoms with Gasteiger partial charge in [0, 0.05) is 51.4 Å². The van der Waals surface area contributed by atoms with E-state index in [1.54, 1.807) is 12.1 Å². The van der Waals surface area contributed by atoms with Gasteiger partial charge in [0.2, 0.25) is 10.0 Å². The van der Waals surface area contributed by atoms with Crippen LogP contribution >= 0.6 is 0 Å². The highest BCUT2D eigenvalue weighted by Gasteiger charge is 2.23. The molecule has 0 bridgehead atoms. The molecule has 2 aromatic carbocycles. The Morgan fingerprint density at radius 2 is 1.76 bits per heavy atom. The van der Waals surface area contributed by atoms with E-state index in [0.29, 0.717) is 12.2 Å². The summed E-state index contributed by atoms with van der Waals surface area (Å²) in [6, 6.07) is 15.9. The van der Waals surface area contributed by atoms with Crippen LogP contribution < -0.4 is 10.0 Å². The molecule has 2 N–H and O–H groups in total. The van der Waals surface area contributed by atoms with Gasteiger partial charge in [-0.25, -0.2) is 13.1 Å². The lowest BCUT2D eigenvalue weighted by molar-refractivity contribution is 0.0907. The second-order valence-corrected chi connectivity index (χ2v) is 10.8. The average molecular weight is 487 g/mol. The number of hydrogen-bond donors (Lipinski definition) is 2. The van der Waals surface area contributed by atoms with E-state index in [-0.39, 0.29) is 29.5 Å². The lowest BCUT2D eigenvalue weighted by Crippen LogP contribution is -2.47. The van der Waals surface area contributed by atoms with E-state index in [9.17, 15) is 13.2 Å². The minimum atomic E-state index is -3.65. The number of hydrogen-bond acceptors (Lipinski definition) is 6. The normalized spacial score (nSPS) is 20.8. The number of nitrogens with one attached hydrogen (secondary N) is 2. The highest BCUT2D eigenvalue weighted by Crippen LogP contribution is 2.18. The number of sulfonamides is 1. The third-order valence-corrected chi connectivity index (χ3v) is 7.94. The van der Waals surface area contributed by atoms with E-state index in [1.165, 1.54) is 12.1 Å². The van der Waals surface area contributed by atoms with Gasteiger partial charge in [-0.1, -0.05) is 30.3 Å². The molecule has 2 aliphatic rings. The quantitative estimate of drug-likeness (QED) is 0.562. The predicted octanol–water partition coefficient (Wildman–Crippen LogP) is 1.86. The van der Waals surface area contributed by atoms with Crippen molar-refractivity contribution in [3.63, 3.8) is 0 Å². The largest absolute Gasteiger partial charge is 0.377 e. The predicted molar refractivity (Wildman–Crippen MR) is 131 cm³/mol. The zero-order valence-electron chi connectivity index (χ0n) is 19.7. The van der Waals surface area contributed by atoms with E-state index >= 15 is 0 Å². The monoisotopic (exact) mass is 486 g/mol. The molecule has 0 aromatic heterocycles. The molecular weight excluding hydrogens is 452 g/mol. The van der Waals surface area contributed by atoms with Crippen LogP contribution in [0.1, 0.15) is 34.8 Å². The molecule has 0 saturated carbocycles. The van der Waals surface area contributed by atoms with Crippen LogP contribution in [0.25, 0.3) is 0 Å². The standard InChI is InChI=1S/C25H34N4O4S/c1-28-13-15-29(16-14-28)19-24(20-6-3-2-4-7-20)27-25(30)21-9-11-23(12-10-21)34(31,32)26-18-22-8-5-17-33-22/h2-4,6-7,9-12,22,24,26H,5,8,13-19H2,1H3,(H,27,30). The van der Waals surface area contributed by atoms with E-state index in [2.05, 4.69) is 26.9 Å². The Morgan fingerprint density at radius 1 is 1.06 bits per heavy atom. The van der Waals surface area contributed by atoms with Crippen LogP contribution in [0.4, 0.5) is 0 Å². The zero-order valence-corrected chi connectivity index (χ0v) is 20.5. The van der Waals surface area contributed by atoms with Gasteiger partial charge >= 0.3 is 0 Å². The maximum Gasteiger partial charge on any atom is 0.251 e. The van der Waals surface area contributed by atoms with Crippen molar-refractivity contribution in [1.29, 1.82) is 0 Å². The van der Waals surface area contributed by atoms with Gasteiger partial charge in [0.15, 0.2) is 0 Å². The van der Waals surface area contributed by atoms with Crippen LogP contribution in [-0.2, 0) is 14.8 Å². The molecule has 8 nitrogen and oxygen atoms in total. The molecule has 1 amide bonds. The molecule has 2 heterocycles. The molecule has 0 aliphatic carbocycles. The fraction of sp³-hybridized carbons (Fsp3) is 0.480. The molecule has 34 heavy (non-hydrogen) atoms. The summed E-state index contributed by atoms with van der Waals surface area (Å²) in [4.78, 5) is 17.9. The first kappa shape index (κ1) is 24.8. The van der Waals surface area contributed by atoms with E-state index in [1.807, 2.05) is 30.3 Å². The molecule has 4 rings (SSSR count). The second-order valence-electron chi connectivity index (χ2n) is 9.05. The average Bonchev–Trinajstić information content (AvgIpc) is 3.38. The molecule has 2 unspecified atom stereocenters. The van der Waals surface area contributed by atoms with Gasteiger partial charge in [0.1, 0.15) is 0 Å². The van der Waals surface area contributed by atoms with Crippen LogP contribution in [0.5, 0.6) is 0 Å². The lowest BCUT2D eigenvalue weighted by atomic mass is 10.0.